The van der Waals surface area contributed by atoms with Crippen LogP contribution in [0.5, 0.6) is 0 Å². The zero-order chi connectivity index (χ0) is 17.7. The van der Waals surface area contributed by atoms with E-state index in [2.05, 4.69) is 101 Å². The number of rotatable bonds is 9. The fourth-order valence-electron chi connectivity index (χ4n) is 2.42. The zero-order valence-electron chi connectivity index (χ0n) is 16.1. The first-order valence-corrected chi connectivity index (χ1v) is 8.74. The first-order chi connectivity index (χ1) is 11.0. The summed E-state index contributed by atoms with van der Waals surface area (Å²) in [6.45, 7) is 16.0. The third-order valence-corrected chi connectivity index (χ3v) is 3.75. The predicted octanol–water partition coefficient (Wildman–Crippen LogP) is 6.80. The van der Waals surface area contributed by atoms with Crippen molar-refractivity contribution in [2.45, 2.75) is 54.9 Å². The van der Waals surface area contributed by atoms with Crippen molar-refractivity contribution in [3.05, 3.63) is 71.7 Å². The molecule has 0 N–H and O–H groups in total. The lowest BCUT2D eigenvalue weighted by molar-refractivity contribution is 0.394. The Balaban J connectivity index is 5.74. The van der Waals surface area contributed by atoms with Crippen LogP contribution in [0.2, 0.25) is 0 Å². The van der Waals surface area contributed by atoms with Crippen LogP contribution in [0.4, 0.5) is 0 Å². The molecule has 23 heavy (non-hydrogen) atoms. The van der Waals surface area contributed by atoms with E-state index in [0.29, 0.717) is 5.92 Å². The number of allylic oxidation sites excluding steroid dienone is 10. The van der Waals surface area contributed by atoms with Crippen LogP contribution in [-0.4, -0.2) is 11.4 Å². The molecule has 0 spiro atoms. The van der Waals surface area contributed by atoms with Crippen LogP contribution in [0.15, 0.2) is 71.7 Å². The molecule has 1 nitrogen and oxygen atoms in total. The van der Waals surface area contributed by atoms with Crippen LogP contribution in [0.1, 0.15) is 54.9 Å². The van der Waals surface area contributed by atoms with Gasteiger partial charge < -0.3 is 4.90 Å². The van der Waals surface area contributed by atoms with Gasteiger partial charge in [0.1, 0.15) is 0 Å². The van der Waals surface area contributed by atoms with Crippen molar-refractivity contribution in [1.29, 1.82) is 0 Å². The first-order valence-electron chi connectivity index (χ1n) is 8.74. The smallest absolute Gasteiger partial charge is 0.0437 e. The van der Waals surface area contributed by atoms with Gasteiger partial charge in [0.25, 0.3) is 0 Å². The van der Waals surface area contributed by atoms with Crippen LogP contribution in [0.3, 0.4) is 0 Å². The third-order valence-electron chi connectivity index (χ3n) is 3.75. The maximum atomic E-state index is 2.43. The van der Waals surface area contributed by atoms with Gasteiger partial charge in [0.15, 0.2) is 0 Å². The van der Waals surface area contributed by atoms with Crippen molar-refractivity contribution in [1.82, 2.24) is 4.90 Å². The van der Waals surface area contributed by atoms with E-state index in [1.807, 2.05) is 6.92 Å². The standard InChI is InChI=1S/C22H35N/c1-8-13-14-17-19(6)18-23(20(7)11-4)22(16-10-3)21(12-5)15-9-2/h8-11,13-17,19H,12,18H2,1-7H3/b13-8-,15-9-,16-10-,17-14-,20-11-,22-21-. The largest absolute Gasteiger partial charge is 0.345 e. The normalized spacial score (nSPS) is 16.0. The fraction of sp³-hybridized carbons (Fsp3) is 0.455. The molecule has 0 radical (unpaired) electrons. The fourth-order valence-corrected chi connectivity index (χ4v) is 2.42. The molecule has 1 heteroatoms. The molecular formula is C22H35N. The van der Waals surface area contributed by atoms with E-state index in [0.717, 1.165) is 13.0 Å². The van der Waals surface area contributed by atoms with Crippen LogP contribution in [0.25, 0.3) is 0 Å². The average Bonchev–Trinajstić information content (AvgIpc) is 2.55. The minimum atomic E-state index is 0.477. The summed E-state index contributed by atoms with van der Waals surface area (Å²) < 4.78 is 0. The summed E-state index contributed by atoms with van der Waals surface area (Å²) in [5.41, 5.74) is 3.96. The van der Waals surface area contributed by atoms with Gasteiger partial charge in [-0.25, -0.2) is 0 Å². The Labute approximate surface area is 144 Å². The van der Waals surface area contributed by atoms with E-state index < -0.39 is 0 Å². The van der Waals surface area contributed by atoms with Crippen molar-refractivity contribution in [3.63, 3.8) is 0 Å². The number of nitrogens with zero attached hydrogens (tertiary/aromatic N) is 1. The molecule has 0 rings (SSSR count). The predicted molar refractivity (Wildman–Crippen MR) is 106 cm³/mol. The highest BCUT2D eigenvalue weighted by Gasteiger charge is 2.14. The van der Waals surface area contributed by atoms with Gasteiger partial charge in [0, 0.05) is 17.9 Å². The summed E-state index contributed by atoms with van der Waals surface area (Å²) >= 11 is 0. The average molecular weight is 314 g/mol. The highest BCUT2D eigenvalue weighted by atomic mass is 15.1. The van der Waals surface area contributed by atoms with Crippen molar-refractivity contribution < 1.29 is 0 Å². The summed E-state index contributed by atoms with van der Waals surface area (Å²) in [6, 6.07) is 0. The Bertz CT molecular complexity index is 498. The molecule has 0 aliphatic rings. The van der Waals surface area contributed by atoms with E-state index in [9.17, 15) is 0 Å². The molecule has 0 aliphatic carbocycles. The van der Waals surface area contributed by atoms with Crippen LogP contribution in [0, 0.1) is 5.92 Å². The number of hydrogen-bond acceptors (Lipinski definition) is 1. The van der Waals surface area contributed by atoms with Crippen molar-refractivity contribution in [2.75, 3.05) is 6.54 Å². The minimum absolute atomic E-state index is 0.477. The van der Waals surface area contributed by atoms with Crippen molar-refractivity contribution in [3.8, 4) is 0 Å². The molecule has 0 aromatic rings. The Morgan fingerprint density at radius 2 is 1.61 bits per heavy atom. The molecule has 0 aliphatic heterocycles. The van der Waals surface area contributed by atoms with Gasteiger partial charge in [0.05, 0.1) is 0 Å². The lowest BCUT2D eigenvalue weighted by Gasteiger charge is -2.30. The Hall–Kier alpha value is -1.76. The molecule has 0 saturated heterocycles. The van der Waals surface area contributed by atoms with Gasteiger partial charge in [-0.1, -0.05) is 62.5 Å². The third kappa shape index (κ3) is 7.88. The quantitative estimate of drug-likeness (QED) is 0.423. The molecule has 1 unspecified atom stereocenters. The SMILES string of the molecule is C/C=C\C=C/C(C)CN(/C(C)=C\C)C(/C=C\C)=C(\C=C/C)CC. The van der Waals surface area contributed by atoms with Gasteiger partial charge in [-0.05, 0) is 58.6 Å². The summed E-state index contributed by atoms with van der Waals surface area (Å²) in [6.07, 6.45) is 20.5. The zero-order valence-corrected chi connectivity index (χ0v) is 16.1. The van der Waals surface area contributed by atoms with Crippen molar-refractivity contribution in [2.24, 2.45) is 5.92 Å². The molecule has 0 fully saturated rings. The molecule has 0 amide bonds. The second-order valence-corrected chi connectivity index (χ2v) is 5.69. The summed E-state index contributed by atoms with van der Waals surface area (Å²) in [4.78, 5) is 2.43. The number of hydrogen-bond donors (Lipinski definition) is 0. The molecule has 1 atom stereocenters. The van der Waals surface area contributed by atoms with E-state index >= 15 is 0 Å². The Morgan fingerprint density at radius 1 is 0.957 bits per heavy atom. The summed E-state index contributed by atoms with van der Waals surface area (Å²) in [5.74, 6) is 0.477. The van der Waals surface area contributed by atoms with Gasteiger partial charge in [-0.2, -0.15) is 0 Å². The highest BCUT2D eigenvalue weighted by molar-refractivity contribution is 5.34. The Kier molecular flexibility index (Phi) is 11.8. The lowest BCUT2D eigenvalue weighted by atomic mass is 10.1. The van der Waals surface area contributed by atoms with Crippen molar-refractivity contribution >= 4 is 0 Å². The van der Waals surface area contributed by atoms with E-state index in [-0.39, 0.29) is 0 Å². The van der Waals surface area contributed by atoms with Crippen LogP contribution < -0.4 is 0 Å². The van der Waals surface area contributed by atoms with E-state index in [4.69, 9.17) is 0 Å². The summed E-state index contributed by atoms with van der Waals surface area (Å²) in [5, 5.41) is 0. The van der Waals surface area contributed by atoms with Gasteiger partial charge in [0.2, 0.25) is 0 Å². The maximum Gasteiger partial charge on any atom is 0.0437 e. The van der Waals surface area contributed by atoms with Gasteiger partial charge in [-0.15, -0.1) is 0 Å². The molecule has 0 heterocycles. The molecule has 0 aromatic heterocycles. The Morgan fingerprint density at radius 3 is 2.09 bits per heavy atom. The highest BCUT2D eigenvalue weighted by Crippen LogP contribution is 2.23. The topological polar surface area (TPSA) is 3.24 Å². The van der Waals surface area contributed by atoms with Gasteiger partial charge >= 0.3 is 0 Å². The first kappa shape index (κ1) is 21.2. The van der Waals surface area contributed by atoms with Gasteiger partial charge in [-0.3, -0.25) is 0 Å². The van der Waals surface area contributed by atoms with E-state index in [1.165, 1.54) is 17.0 Å². The van der Waals surface area contributed by atoms with Crippen LogP contribution in [-0.2, 0) is 0 Å². The second kappa shape index (κ2) is 12.8. The monoisotopic (exact) mass is 313 g/mol. The molecule has 0 aromatic carbocycles. The molecule has 128 valence electrons. The molecular weight excluding hydrogens is 278 g/mol. The lowest BCUT2D eigenvalue weighted by Crippen LogP contribution is -2.26. The second-order valence-electron chi connectivity index (χ2n) is 5.69. The maximum absolute atomic E-state index is 2.43. The molecule has 0 saturated carbocycles. The summed E-state index contributed by atoms with van der Waals surface area (Å²) in [7, 11) is 0. The van der Waals surface area contributed by atoms with Crippen LogP contribution >= 0.6 is 0 Å². The molecule has 0 bridgehead atoms. The van der Waals surface area contributed by atoms with E-state index in [1.54, 1.807) is 0 Å². The minimum Gasteiger partial charge on any atom is -0.345 e.